The Bertz CT molecular complexity index is 770. The highest BCUT2D eigenvalue weighted by Gasteiger charge is 2.16. The number of benzene rings is 1. The minimum absolute atomic E-state index is 0.195. The number of rotatable bonds is 4. The van der Waals surface area contributed by atoms with Gasteiger partial charge in [-0.2, -0.15) is 0 Å². The Kier molecular flexibility index (Phi) is 3.86. The molecule has 1 aromatic carbocycles. The van der Waals surface area contributed by atoms with E-state index in [1.165, 1.54) is 38.6 Å². The van der Waals surface area contributed by atoms with Crippen LogP contribution in [-0.4, -0.2) is 43.2 Å². The summed E-state index contributed by atoms with van der Waals surface area (Å²) in [5.41, 5.74) is 0.693. The maximum absolute atomic E-state index is 11.9. The van der Waals surface area contributed by atoms with Crippen molar-refractivity contribution >= 4 is 21.9 Å². The Hall–Kier alpha value is -2.19. The van der Waals surface area contributed by atoms with Gasteiger partial charge in [0.25, 0.3) is 5.56 Å². The Morgan fingerprint density at radius 3 is 2.35 bits per heavy atom. The SMILES string of the molecule is CN(C)S(=O)(=O)c1ccc(N=Cc2c[nH][nH]c2=O)cc1. The van der Waals surface area contributed by atoms with Crippen molar-refractivity contribution in [2.24, 2.45) is 4.99 Å². The molecule has 0 saturated heterocycles. The van der Waals surface area contributed by atoms with Crippen molar-refractivity contribution < 1.29 is 8.42 Å². The molecular weight excluding hydrogens is 280 g/mol. The van der Waals surface area contributed by atoms with E-state index in [1.807, 2.05) is 0 Å². The summed E-state index contributed by atoms with van der Waals surface area (Å²) in [7, 11) is -0.493. The first-order chi connectivity index (χ1) is 9.41. The van der Waals surface area contributed by atoms with E-state index in [1.54, 1.807) is 12.1 Å². The largest absolute Gasteiger partial charge is 0.305 e. The van der Waals surface area contributed by atoms with Gasteiger partial charge in [-0.15, -0.1) is 0 Å². The molecule has 0 fully saturated rings. The zero-order valence-corrected chi connectivity index (χ0v) is 11.8. The number of aromatic amines is 2. The van der Waals surface area contributed by atoms with Gasteiger partial charge < -0.3 is 5.10 Å². The van der Waals surface area contributed by atoms with E-state index in [0.29, 0.717) is 11.3 Å². The Labute approximate surface area is 116 Å². The van der Waals surface area contributed by atoms with Crippen LogP contribution in [-0.2, 0) is 10.0 Å². The molecule has 0 aliphatic carbocycles. The van der Waals surface area contributed by atoms with Crippen LogP contribution >= 0.6 is 0 Å². The summed E-state index contributed by atoms with van der Waals surface area (Å²) < 4.78 is 24.9. The predicted octanol–water partition coefficient (Wildman–Crippen LogP) is 0.704. The van der Waals surface area contributed by atoms with Gasteiger partial charge in [-0.05, 0) is 24.3 Å². The minimum atomic E-state index is -3.44. The van der Waals surface area contributed by atoms with Crippen LogP contribution in [0.2, 0.25) is 0 Å². The number of aliphatic imine (C=N–C) groups is 1. The second kappa shape index (κ2) is 5.43. The molecule has 0 amide bonds. The Morgan fingerprint density at radius 1 is 1.20 bits per heavy atom. The van der Waals surface area contributed by atoms with E-state index in [4.69, 9.17) is 0 Å². The van der Waals surface area contributed by atoms with Crippen molar-refractivity contribution in [3.05, 3.63) is 46.4 Å². The zero-order chi connectivity index (χ0) is 14.8. The first-order valence-corrected chi connectivity index (χ1v) is 7.18. The highest BCUT2D eigenvalue weighted by molar-refractivity contribution is 7.89. The third-order valence-electron chi connectivity index (χ3n) is 2.64. The Morgan fingerprint density at radius 2 is 1.85 bits per heavy atom. The minimum Gasteiger partial charge on any atom is -0.305 e. The van der Waals surface area contributed by atoms with E-state index >= 15 is 0 Å². The van der Waals surface area contributed by atoms with Gasteiger partial charge in [0.15, 0.2) is 0 Å². The van der Waals surface area contributed by atoms with E-state index in [2.05, 4.69) is 15.2 Å². The van der Waals surface area contributed by atoms with Crippen molar-refractivity contribution in [3.63, 3.8) is 0 Å². The van der Waals surface area contributed by atoms with Gasteiger partial charge in [-0.25, -0.2) is 12.7 Å². The summed E-state index contributed by atoms with van der Waals surface area (Å²) in [4.78, 5) is 15.5. The van der Waals surface area contributed by atoms with Crippen LogP contribution in [0, 0.1) is 0 Å². The second-order valence-corrected chi connectivity index (χ2v) is 6.39. The normalized spacial score (nSPS) is 12.3. The van der Waals surface area contributed by atoms with Gasteiger partial charge in [0, 0.05) is 26.5 Å². The number of sulfonamides is 1. The summed E-state index contributed by atoms with van der Waals surface area (Å²) in [6.07, 6.45) is 2.90. The zero-order valence-electron chi connectivity index (χ0n) is 11.0. The quantitative estimate of drug-likeness (QED) is 0.812. The molecule has 0 bridgehead atoms. The van der Waals surface area contributed by atoms with Crippen LogP contribution in [0.5, 0.6) is 0 Å². The van der Waals surface area contributed by atoms with Crippen molar-refractivity contribution in [1.29, 1.82) is 0 Å². The number of hydrogen-bond donors (Lipinski definition) is 2. The fourth-order valence-electron chi connectivity index (χ4n) is 1.47. The summed E-state index contributed by atoms with van der Waals surface area (Å²) in [6, 6.07) is 6.11. The number of aromatic nitrogens is 2. The van der Waals surface area contributed by atoms with Crippen LogP contribution in [0.4, 0.5) is 5.69 Å². The summed E-state index contributed by atoms with van der Waals surface area (Å²) in [5.74, 6) is 0. The molecule has 1 heterocycles. The topological polar surface area (TPSA) is 98.4 Å². The molecule has 0 spiro atoms. The molecule has 0 saturated carbocycles. The van der Waals surface area contributed by atoms with Crippen molar-refractivity contribution in [2.45, 2.75) is 4.90 Å². The molecule has 0 atom stereocenters. The summed E-state index contributed by atoms with van der Waals surface area (Å²) in [6.45, 7) is 0. The first-order valence-electron chi connectivity index (χ1n) is 5.74. The number of nitrogens with zero attached hydrogens (tertiary/aromatic N) is 2. The highest BCUT2D eigenvalue weighted by Crippen LogP contribution is 2.18. The van der Waals surface area contributed by atoms with Crippen molar-refractivity contribution in [3.8, 4) is 0 Å². The molecule has 2 N–H and O–H groups in total. The molecular formula is C12H14N4O3S. The third-order valence-corrected chi connectivity index (χ3v) is 4.47. The molecule has 0 aliphatic rings. The lowest BCUT2D eigenvalue weighted by atomic mass is 10.3. The van der Waals surface area contributed by atoms with E-state index in [-0.39, 0.29) is 10.5 Å². The fourth-order valence-corrected chi connectivity index (χ4v) is 2.37. The molecule has 106 valence electrons. The Balaban J connectivity index is 2.24. The van der Waals surface area contributed by atoms with Crippen molar-refractivity contribution in [1.82, 2.24) is 14.5 Å². The number of hydrogen-bond acceptors (Lipinski definition) is 4. The lowest BCUT2D eigenvalue weighted by Gasteiger charge is -2.10. The van der Waals surface area contributed by atoms with E-state index in [0.717, 1.165) is 4.31 Å². The van der Waals surface area contributed by atoms with Crippen LogP contribution in [0.3, 0.4) is 0 Å². The molecule has 2 aromatic rings. The molecule has 0 aliphatic heterocycles. The molecule has 0 radical (unpaired) electrons. The predicted molar refractivity (Wildman–Crippen MR) is 76.0 cm³/mol. The van der Waals surface area contributed by atoms with Crippen LogP contribution in [0.1, 0.15) is 5.56 Å². The lowest BCUT2D eigenvalue weighted by molar-refractivity contribution is 0.521. The molecule has 1 aromatic heterocycles. The average Bonchev–Trinajstić information content (AvgIpc) is 2.82. The standard InChI is InChI=1S/C12H14N4O3S/c1-16(2)20(18,19)11-5-3-10(4-6-11)13-7-9-8-14-15-12(9)17/h3-8H,1-2H3,(H2,14,15,17). The van der Waals surface area contributed by atoms with Crippen molar-refractivity contribution in [2.75, 3.05) is 14.1 Å². The van der Waals surface area contributed by atoms with Gasteiger partial charge in [0.2, 0.25) is 10.0 Å². The van der Waals surface area contributed by atoms with Gasteiger partial charge in [-0.3, -0.25) is 14.9 Å². The fraction of sp³-hybridized carbons (Fsp3) is 0.167. The third kappa shape index (κ3) is 2.86. The van der Waals surface area contributed by atoms with Gasteiger partial charge in [0.05, 0.1) is 16.1 Å². The van der Waals surface area contributed by atoms with Gasteiger partial charge in [0.1, 0.15) is 0 Å². The smallest absolute Gasteiger partial charge is 0.272 e. The molecule has 0 unspecified atom stereocenters. The molecule has 2 rings (SSSR count). The highest BCUT2D eigenvalue weighted by atomic mass is 32.2. The van der Waals surface area contributed by atoms with E-state index < -0.39 is 10.0 Å². The van der Waals surface area contributed by atoms with E-state index in [9.17, 15) is 13.2 Å². The molecule has 20 heavy (non-hydrogen) atoms. The summed E-state index contributed by atoms with van der Waals surface area (Å²) in [5, 5.41) is 4.95. The van der Waals surface area contributed by atoms with Crippen LogP contribution < -0.4 is 5.56 Å². The van der Waals surface area contributed by atoms with Crippen LogP contribution in [0.15, 0.2) is 45.1 Å². The van der Waals surface area contributed by atoms with Gasteiger partial charge in [-0.1, -0.05) is 0 Å². The maximum Gasteiger partial charge on any atom is 0.272 e. The maximum atomic E-state index is 11.9. The molecule has 7 nitrogen and oxygen atoms in total. The first kappa shape index (κ1) is 14.2. The van der Waals surface area contributed by atoms with Gasteiger partial charge >= 0.3 is 0 Å². The lowest BCUT2D eigenvalue weighted by Crippen LogP contribution is -2.21. The number of H-pyrrole nitrogens is 2. The summed E-state index contributed by atoms with van der Waals surface area (Å²) >= 11 is 0. The molecule has 8 heteroatoms. The average molecular weight is 294 g/mol. The monoisotopic (exact) mass is 294 g/mol. The van der Waals surface area contributed by atoms with Crippen LogP contribution in [0.25, 0.3) is 0 Å². The second-order valence-electron chi connectivity index (χ2n) is 4.24. The number of nitrogens with one attached hydrogen (secondary N) is 2.